The van der Waals surface area contributed by atoms with Crippen molar-refractivity contribution in [3.8, 4) is 0 Å². The molecule has 1 unspecified atom stereocenters. The monoisotopic (exact) mass is 373 g/mol. The normalized spacial score (nSPS) is 18.9. The average Bonchev–Trinajstić information content (AvgIpc) is 3.02. The Morgan fingerprint density at radius 2 is 1.96 bits per heavy atom. The fraction of sp³-hybridized carbons (Fsp3) is 0.562. The van der Waals surface area contributed by atoms with Gasteiger partial charge in [0.05, 0.1) is 10.8 Å². The summed E-state index contributed by atoms with van der Waals surface area (Å²) < 4.78 is 26.6. The van der Waals surface area contributed by atoms with Crippen LogP contribution in [0.2, 0.25) is 5.02 Å². The molecule has 0 aromatic heterocycles. The maximum Gasteiger partial charge on any atom is 0.240 e. The number of amides is 1. The van der Waals surface area contributed by atoms with E-state index >= 15 is 0 Å². The Labute approximate surface area is 148 Å². The van der Waals surface area contributed by atoms with Crippen LogP contribution in [-0.4, -0.2) is 51.4 Å². The van der Waals surface area contributed by atoms with Gasteiger partial charge in [0.1, 0.15) is 0 Å². The third kappa shape index (κ3) is 5.17. The number of sulfonamides is 1. The van der Waals surface area contributed by atoms with E-state index in [0.717, 1.165) is 19.5 Å². The first kappa shape index (κ1) is 19.2. The Morgan fingerprint density at radius 1 is 1.29 bits per heavy atom. The highest BCUT2D eigenvalue weighted by Crippen LogP contribution is 2.18. The molecule has 1 heterocycles. The van der Waals surface area contributed by atoms with E-state index < -0.39 is 10.0 Å². The van der Waals surface area contributed by atoms with Crippen molar-refractivity contribution in [3.05, 3.63) is 29.3 Å². The van der Waals surface area contributed by atoms with Crippen LogP contribution in [-0.2, 0) is 14.8 Å². The predicted molar refractivity (Wildman–Crippen MR) is 94.5 cm³/mol. The van der Waals surface area contributed by atoms with Crippen molar-refractivity contribution in [2.75, 3.05) is 26.2 Å². The van der Waals surface area contributed by atoms with Gasteiger partial charge in [-0.05, 0) is 51.1 Å². The minimum Gasteiger partial charge on any atom is -0.355 e. The van der Waals surface area contributed by atoms with E-state index in [9.17, 15) is 13.2 Å². The Morgan fingerprint density at radius 3 is 2.54 bits per heavy atom. The molecule has 1 aromatic rings. The third-order valence-corrected chi connectivity index (χ3v) is 5.89. The molecular formula is C16H24ClN3O3S. The Bertz CT molecular complexity index is 662. The first-order valence-electron chi connectivity index (χ1n) is 8.06. The fourth-order valence-electron chi connectivity index (χ4n) is 2.68. The molecule has 1 aliphatic heterocycles. The summed E-state index contributed by atoms with van der Waals surface area (Å²) in [5.41, 5.74) is 0. The Balaban J connectivity index is 1.74. The van der Waals surface area contributed by atoms with Crippen molar-refractivity contribution in [1.29, 1.82) is 0 Å². The highest BCUT2D eigenvalue weighted by molar-refractivity contribution is 7.89. The van der Waals surface area contributed by atoms with Crippen LogP contribution in [0.5, 0.6) is 0 Å². The van der Waals surface area contributed by atoms with Gasteiger partial charge in [-0.2, -0.15) is 0 Å². The number of halogens is 1. The van der Waals surface area contributed by atoms with Crippen LogP contribution in [0.3, 0.4) is 0 Å². The zero-order chi connectivity index (χ0) is 17.7. The molecule has 6 nitrogen and oxygen atoms in total. The van der Waals surface area contributed by atoms with Crippen LogP contribution in [0.1, 0.15) is 20.3 Å². The highest BCUT2D eigenvalue weighted by atomic mass is 35.5. The molecule has 2 rings (SSSR count). The van der Waals surface area contributed by atoms with Crippen LogP contribution >= 0.6 is 11.6 Å². The molecule has 1 aliphatic rings. The zero-order valence-electron chi connectivity index (χ0n) is 14.0. The van der Waals surface area contributed by atoms with E-state index in [2.05, 4.69) is 28.8 Å². The fourth-order valence-corrected chi connectivity index (χ4v) is 3.84. The highest BCUT2D eigenvalue weighted by Gasteiger charge is 2.29. The van der Waals surface area contributed by atoms with E-state index in [1.54, 1.807) is 0 Å². The van der Waals surface area contributed by atoms with Gasteiger partial charge in [0.25, 0.3) is 0 Å². The molecule has 1 fully saturated rings. The van der Waals surface area contributed by atoms with Crippen molar-refractivity contribution in [1.82, 2.24) is 14.9 Å². The number of hydrogen-bond acceptors (Lipinski definition) is 4. The Hall–Kier alpha value is -1.15. The molecule has 0 spiro atoms. The summed E-state index contributed by atoms with van der Waals surface area (Å²) in [5, 5.41) is 3.28. The molecule has 1 aromatic carbocycles. The summed E-state index contributed by atoms with van der Waals surface area (Å²) >= 11 is 5.75. The van der Waals surface area contributed by atoms with Crippen molar-refractivity contribution in [2.45, 2.75) is 31.2 Å². The van der Waals surface area contributed by atoms with E-state index in [0.29, 0.717) is 11.1 Å². The topological polar surface area (TPSA) is 78.5 Å². The average molecular weight is 374 g/mol. The smallest absolute Gasteiger partial charge is 0.240 e. The van der Waals surface area contributed by atoms with E-state index in [1.807, 2.05) is 0 Å². The Kier molecular flexibility index (Phi) is 6.62. The number of nitrogens with zero attached hydrogens (tertiary/aromatic N) is 1. The van der Waals surface area contributed by atoms with E-state index in [1.165, 1.54) is 24.3 Å². The lowest BCUT2D eigenvalue weighted by atomic mass is 10.1. The lowest BCUT2D eigenvalue weighted by Gasteiger charge is -2.20. The lowest BCUT2D eigenvalue weighted by Crippen LogP contribution is -2.38. The van der Waals surface area contributed by atoms with Crippen LogP contribution in [0, 0.1) is 5.92 Å². The molecule has 0 radical (unpaired) electrons. The molecule has 8 heteroatoms. The van der Waals surface area contributed by atoms with Gasteiger partial charge in [0, 0.05) is 30.7 Å². The third-order valence-electron chi connectivity index (χ3n) is 4.16. The number of nitrogens with one attached hydrogen (secondary N) is 2. The number of carbonyl (C=O) groups is 1. The lowest BCUT2D eigenvalue weighted by molar-refractivity contribution is -0.124. The quantitative estimate of drug-likeness (QED) is 0.709. The summed E-state index contributed by atoms with van der Waals surface area (Å²) in [5.74, 6) is -0.0240. The van der Waals surface area contributed by atoms with Gasteiger partial charge in [0.2, 0.25) is 15.9 Å². The van der Waals surface area contributed by atoms with Crippen molar-refractivity contribution < 1.29 is 13.2 Å². The van der Waals surface area contributed by atoms with Gasteiger partial charge in [-0.15, -0.1) is 0 Å². The van der Waals surface area contributed by atoms with Gasteiger partial charge in [-0.3, -0.25) is 4.79 Å². The summed E-state index contributed by atoms with van der Waals surface area (Å²) in [6.07, 6.45) is 0.848. The minimum atomic E-state index is -3.58. The van der Waals surface area contributed by atoms with E-state index in [4.69, 9.17) is 11.6 Å². The first-order chi connectivity index (χ1) is 11.3. The second-order valence-corrected chi connectivity index (χ2v) is 8.42. The van der Waals surface area contributed by atoms with Crippen molar-refractivity contribution in [3.63, 3.8) is 0 Å². The molecule has 0 aliphatic carbocycles. The number of carbonyl (C=O) groups excluding carboxylic acids is 1. The SMILES string of the molecule is CC(C)N1CCC(C(=O)NCCNS(=O)(=O)c2ccc(Cl)cc2)C1. The minimum absolute atomic E-state index is 0.0103. The van der Waals surface area contributed by atoms with Gasteiger partial charge in [-0.25, -0.2) is 13.1 Å². The standard InChI is InChI=1S/C16H24ClN3O3S/c1-12(2)20-10-7-13(11-20)16(21)18-8-9-19-24(22,23)15-5-3-14(17)4-6-15/h3-6,12-13,19H,7-11H2,1-2H3,(H,18,21). The van der Waals surface area contributed by atoms with Crippen molar-refractivity contribution in [2.24, 2.45) is 5.92 Å². The van der Waals surface area contributed by atoms with E-state index in [-0.39, 0.29) is 29.8 Å². The molecular weight excluding hydrogens is 350 g/mol. The molecule has 24 heavy (non-hydrogen) atoms. The number of hydrogen-bond donors (Lipinski definition) is 2. The van der Waals surface area contributed by atoms with Crippen LogP contribution in [0.15, 0.2) is 29.2 Å². The van der Waals surface area contributed by atoms with Gasteiger partial charge in [0.15, 0.2) is 0 Å². The van der Waals surface area contributed by atoms with Gasteiger partial charge >= 0.3 is 0 Å². The van der Waals surface area contributed by atoms with Gasteiger partial charge < -0.3 is 10.2 Å². The molecule has 134 valence electrons. The second kappa shape index (κ2) is 8.29. The number of benzene rings is 1. The van der Waals surface area contributed by atoms with Crippen molar-refractivity contribution >= 4 is 27.5 Å². The predicted octanol–water partition coefficient (Wildman–Crippen LogP) is 1.46. The largest absolute Gasteiger partial charge is 0.355 e. The van der Waals surface area contributed by atoms with Crippen LogP contribution in [0.4, 0.5) is 0 Å². The first-order valence-corrected chi connectivity index (χ1v) is 9.92. The summed E-state index contributed by atoms with van der Waals surface area (Å²) in [6.45, 7) is 6.34. The second-order valence-electron chi connectivity index (χ2n) is 6.22. The number of rotatable bonds is 7. The summed E-state index contributed by atoms with van der Waals surface area (Å²) in [7, 11) is -3.58. The summed E-state index contributed by atoms with van der Waals surface area (Å²) in [4.78, 5) is 14.5. The molecule has 1 amide bonds. The van der Waals surface area contributed by atoms with Gasteiger partial charge in [-0.1, -0.05) is 11.6 Å². The van der Waals surface area contributed by atoms with Crippen LogP contribution < -0.4 is 10.0 Å². The molecule has 1 saturated heterocycles. The molecule has 1 atom stereocenters. The molecule has 2 N–H and O–H groups in total. The maximum absolute atomic E-state index is 12.1. The maximum atomic E-state index is 12.1. The molecule has 0 saturated carbocycles. The van der Waals surface area contributed by atoms with Crippen LogP contribution in [0.25, 0.3) is 0 Å². The number of likely N-dealkylation sites (tertiary alicyclic amines) is 1. The molecule has 0 bridgehead atoms. The summed E-state index contributed by atoms with van der Waals surface area (Å²) in [6, 6.07) is 6.38. The zero-order valence-corrected chi connectivity index (χ0v) is 15.5.